The first-order valence-corrected chi connectivity index (χ1v) is 12.4. The largest absolute Gasteiger partial charge is 0.494 e. The van der Waals surface area contributed by atoms with Crippen molar-refractivity contribution in [1.29, 1.82) is 0 Å². The summed E-state index contributed by atoms with van der Waals surface area (Å²) in [6, 6.07) is 12.9. The summed E-state index contributed by atoms with van der Waals surface area (Å²) in [7, 11) is 5.60. The van der Waals surface area contributed by atoms with Gasteiger partial charge in [0, 0.05) is 69.4 Å². The molecule has 3 heterocycles. The summed E-state index contributed by atoms with van der Waals surface area (Å²) in [6.07, 6.45) is 3.45. The van der Waals surface area contributed by atoms with Gasteiger partial charge in [0.1, 0.15) is 17.9 Å². The van der Waals surface area contributed by atoms with Crippen LogP contribution in [0.5, 0.6) is 5.75 Å². The second-order valence-electron chi connectivity index (χ2n) is 9.39. The lowest BCUT2D eigenvalue weighted by atomic mass is 10.1. The fourth-order valence-electron chi connectivity index (χ4n) is 4.82. The van der Waals surface area contributed by atoms with E-state index in [2.05, 4.69) is 79.7 Å². The van der Waals surface area contributed by atoms with E-state index < -0.39 is 0 Å². The van der Waals surface area contributed by atoms with Gasteiger partial charge in [0.25, 0.3) is 0 Å². The molecule has 4 aromatic rings. The summed E-state index contributed by atoms with van der Waals surface area (Å²) < 4.78 is 7.66. The standard InChI is InChI=1S/C27H34N8O/c1-18(2)34-8-10-35(11-9-34)25-15-26(36-5)23(13-22(25)28-3)32-27-14-21(29-17-30-27)19-6-7-24-20(12-19)16-31-33(24)4/h6-7,12-18,28H,8-11H2,1-5H3,(H,29,30,32). The molecule has 0 bridgehead atoms. The molecule has 0 aliphatic carbocycles. The van der Waals surface area contributed by atoms with Crippen molar-refractivity contribution in [1.82, 2.24) is 24.6 Å². The molecule has 1 fully saturated rings. The minimum atomic E-state index is 0.570. The number of nitrogens with one attached hydrogen (secondary N) is 2. The van der Waals surface area contributed by atoms with Gasteiger partial charge in [0.05, 0.1) is 41.6 Å². The molecule has 0 saturated carbocycles. The topological polar surface area (TPSA) is 83.4 Å². The van der Waals surface area contributed by atoms with Crippen molar-refractivity contribution < 1.29 is 4.74 Å². The van der Waals surface area contributed by atoms with E-state index in [1.54, 1.807) is 13.4 Å². The normalized spacial score (nSPS) is 14.4. The summed E-state index contributed by atoms with van der Waals surface area (Å²) in [5, 5.41) is 12.2. The fraction of sp³-hybridized carbons (Fsp3) is 0.370. The number of fused-ring (bicyclic) bond motifs is 1. The molecule has 2 aromatic carbocycles. The number of piperazine rings is 1. The molecule has 1 aliphatic rings. The lowest BCUT2D eigenvalue weighted by molar-refractivity contribution is 0.209. The quantitative estimate of drug-likeness (QED) is 0.399. The van der Waals surface area contributed by atoms with Gasteiger partial charge >= 0.3 is 0 Å². The predicted molar refractivity (Wildman–Crippen MR) is 146 cm³/mol. The van der Waals surface area contributed by atoms with E-state index in [4.69, 9.17) is 4.74 Å². The van der Waals surface area contributed by atoms with Crippen LogP contribution in [0.15, 0.2) is 48.9 Å². The molecule has 0 spiro atoms. The molecular formula is C27H34N8O. The second kappa shape index (κ2) is 10.0. The second-order valence-corrected chi connectivity index (χ2v) is 9.39. The lowest BCUT2D eigenvalue weighted by Crippen LogP contribution is -2.49. The SMILES string of the molecule is CNc1cc(Nc2cc(-c3ccc4c(cnn4C)c3)ncn2)c(OC)cc1N1CCN(C(C)C)CC1. The average Bonchev–Trinajstić information content (AvgIpc) is 3.28. The van der Waals surface area contributed by atoms with Crippen LogP contribution in [-0.4, -0.2) is 71.0 Å². The van der Waals surface area contributed by atoms with Crippen molar-refractivity contribution in [3.63, 3.8) is 0 Å². The molecule has 9 heteroatoms. The Morgan fingerprint density at radius 1 is 0.972 bits per heavy atom. The predicted octanol–water partition coefficient (Wildman–Crippen LogP) is 4.35. The molecule has 9 nitrogen and oxygen atoms in total. The number of ether oxygens (including phenoxy) is 1. The number of rotatable bonds is 7. The van der Waals surface area contributed by atoms with Crippen LogP contribution in [0.3, 0.4) is 0 Å². The molecule has 0 unspecified atom stereocenters. The van der Waals surface area contributed by atoms with E-state index >= 15 is 0 Å². The molecule has 1 saturated heterocycles. The van der Waals surface area contributed by atoms with Crippen molar-refractivity contribution in [3.8, 4) is 17.0 Å². The van der Waals surface area contributed by atoms with Crippen LogP contribution in [0.2, 0.25) is 0 Å². The van der Waals surface area contributed by atoms with E-state index in [9.17, 15) is 0 Å². The van der Waals surface area contributed by atoms with E-state index in [1.807, 2.05) is 31.0 Å². The Bertz CT molecular complexity index is 1360. The van der Waals surface area contributed by atoms with Crippen LogP contribution in [0, 0.1) is 0 Å². The van der Waals surface area contributed by atoms with Crippen LogP contribution in [-0.2, 0) is 7.05 Å². The summed E-state index contributed by atoms with van der Waals surface area (Å²) in [6.45, 7) is 8.59. The van der Waals surface area contributed by atoms with E-state index in [0.717, 1.165) is 71.2 Å². The van der Waals surface area contributed by atoms with Crippen LogP contribution in [0.1, 0.15) is 13.8 Å². The highest BCUT2D eigenvalue weighted by atomic mass is 16.5. The van der Waals surface area contributed by atoms with Gasteiger partial charge in [-0.25, -0.2) is 9.97 Å². The van der Waals surface area contributed by atoms with Crippen LogP contribution >= 0.6 is 0 Å². The molecule has 0 atom stereocenters. The minimum Gasteiger partial charge on any atom is -0.494 e. The number of hydrogen-bond acceptors (Lipinski definition) is 8. The Morgan fingerprint density at radius 3 is 2.50 bits per heavy atom. The van der Waals surface area contributed by atoms with Crippen LogP contribution < -0.4 is 20.3 Å². The molecule has 0 amide bonds. The van der Waals surface area contributed by atoms with Gasteiger partial charge < -0.3 is 20.3 Å². The van der Waals surface area contributed by atoms with Gasteiger partial charge in [-0.2, -0.15) is 5.10 Å². The maximum Gasteiger partial charge on any atom is 0.144 e. The zero-order valence-corrected chi connectivity index (χ0v) is 21.6. The number of methoxy groups -OCH3 is 1. The highest BCUT2D eigenvalue weighted by Gasteiger charge is 2.22. The van der Waals surface area contributed by atoms with Gasteiger partial charge in [-0.05, 0) is 32.0 Å². The van der Waals surface area contributed by atoms with Crippen molar-refractivity contribution >= 4 is 33.8 Å². The third-order valence-electron chi connectivity index (χ3n) is 6.94. The highest BCUT2D eigenvalue weighted by molar-refractivity contribution is 5.85. The maximum atomic E-state index is 5.79. The Labute approximate surface area is 212 Å². The monoisotopic (exact) mass is 486 g/mol. The van der Waals surface area contributed by atoms with E-state index in [-0.39, 0.29) is 0 Å². The number of nitrogens with zero attached hydrogens (tertiary/aromatic N) is 6. The maximum absolute atomic E-state index is 5.79. The van der Waals surface area contributed by atoms with E-state index in [1.165, 1.54) is 0 Å². The highest BCUT2D eigenvalue weighted by Crippen LogP contribution is 2.38. The summed E-state index contributed by atoms with van der Waals surface area (Å²) in [5.74, 6) is 1.47. The van der Waals surface area contributed by atoms with Crippen molar-refractivity contribution in [2.75, 3.05) is 55.9 Å². The molecule has 2 N–H and O–H groups in total. The Balaban J connectivity index is 1.41. The molecule has 188 valence electrons. The molecule has 0 radical (unpaired) electrons. The van der Waals surface area contributed by atoms with E-state index in [0.29, 0.717) is 11.9 Å². The first kappa shape index (κ1) is 23.9. The Kier molecular flexibility index (Phi) is 6.65. The number of aryl methyl sites for hydroxylation is 1. The minimum absolute atomic E-state index is 0.570. The van der Waals surface area contributed by atoms with Gasteiger partial charge in [-0.1, -0.05) is 6.07 Å². The third-order valence-corrected chi connectivity index (χ3v) is 6.94. The van der Waals surface area contributed by atoms with Gasteiger partial charge in [-0.15, -0.1) is 0 Å². The van der Waals surface area contributed by atoms with Crippen LogP contribution in [0.4, 0.5) is 22.9 Å². The first-order chi connectivity index (χ1) is 17.5. The number of anilines is 4. The number of benzene rings is 2. The first-order valence-electron chi connectivity index (χ1n) is 12.4. The number of aromatic nitrogens is 4. The smallest absolute Gasteiger partial charge is 0.144 e. The number of hydrogen-bond donors (Lipinski definition) is 2. The van der Waals surface area contributed by atoms with Gasteiger partial charge in [0.15, 0.2) is 0 Å². The summed E-state index contributed by atoms with van der Waals surface area (Å²) >= 11 is 0. The molecule has 36 heavy (non-hydrogen) atoms. The van der Waals surface area contributed by atoms with Crippen molar-refractivity contribution in [3.05, 3.63) is 48.9 Å². The van der Waals surface area contributed by atoms with Gasteiger partial charge in [-0.3, -0.25) is 9.58 Å². The van der Waals surface area contributed by atoms with Gasteiger partial charge in [0.2, 0.25) is 0 Å². The summed E-state index contributed by atoms with van der Waals surface area (Å²) in [4.78, 5) is 13.9. The molecular weight excluding hydrogens is 452 g/mol. The summed E-state index contributed by atoms with van der Waals surface area (Å²) in [5.41, 5.74) is 5.98. The average molecular weight is 487 g/mol. The fourth-order valence-corrected chi connectivity index (χ4v) is 4.82. The molecule has 2 aromatic heterocycles. The Morgan fingerprint density at radius 2 is 1.78 bits per heavy atom. The lowest BCUT2D eigenvalue weighted by Gasteiger charge is -2.39. The Hall–Kier alpha value is -3.85. The zero-order valence-electron chi connectivity index (χ0n) is 21.6. The zero-order chi connectivity index (χ0) is 25.2. The van der Waals surface area contributed by atoms with Crippen LogP contribution in [0.25, 0.3) is 22.2 Å². The van der Waals surface area contributed by atoms with Crippen molar-refractivity contribution in [2.24, 2.45) is 7.05 Å². The molecule has 5 rings (SSSR count). The third kappa shape index (κ3) is 4.66. The molecule has 1 aliphatic heterocycles. The van der Waals surface area contributed by atoms with Crippen molar-refractivity contribution in [2.45, 2.75) is 19.9 Å².